The van der Waals surface area contributed by atoms with Crippen molar-refractivity contribution in [2.45, 2.75) is 57.8 Å². The Morgan fingerprint density at radius 1 is 1.04 bits per heavy atom. The lowest BCUT2D eigenvalue weighted by Gasteiger charge is -2.26. The molecule has 16 nitrogen and oxygen atoms in total. The van der Waals surface area contributed by atoms with Crippen molar-refractivity contribution in [2.24, 2.45) is 0 Å². The van der Waals surface area contributed by atoms with Crippen LogP contribution in [-0.4, -0.2) is 97.8 Å². The van der Waals surface area contributed by atoms with Gasteiger partial charge >= 0.3 is 12.1 Å². The lowest BCUT2D eigenvalue weighted by atomic mass is 9.98. The van der Waals surface area contributed by atoms with Gasteiger partial charge in [-0.25, -0.2) is 9.59 Å². The standard InChI is InChI=1S/C34H34N6O8.CH2O2/c1-4-43-32-35-25-11-7-10-24(31(41)47-34(2,3)48-33(42)46-27-19-45-26-16-17-44-29(26)27)28(25)40(32)18-20-12-14-21(15-13-20)22-8-5-6-9-23(22)30-36-38-39-37-30;2-1-3/h5-15,26-27,29H,4,16-19H2,1-3H3,(H,36,37,38,39);1H,(H,2,3)/t26-,27+,29+;/m1./s1. The van der Waals surface area contributed by atoms with E-state index in [4.69, 9.17) is 38.3 Å². The zero-order valence-corrected chi connectivity index (χ0v) is 28.1. The minimum absolute atomic E-state index is 0.0991. The molecule has 2 saturated heterocycles. The van der Waals surface area contributed by atoms with Crippen molar-refractivity contribution in [1.29, 1.82) is 0 Å². The van der Waals surface area contributed by atoms with E-state index in [0.29, 0.717) is 42.6 Å². The van der Waals surface area contributed by atoms with Gasteiger partial charge in [0.1, 0.15) is 6.10 Å². The molecule has 266 valence electrons. The maximum Gasteiger partial charge on any atom is 0.512 e. The van der Waals surface area contributed by atoms with Gasteiger partial charge in [0.2, 0.25) is 5.82 Å². The first-order valence-corrected chi connectivity index (χ1v) is 16.2. The number of aromatic amines is 1. The molecule has 0 amide bonds. The molecule has 0 bridgehead atoms. The SMILES string of the molecule is CCOc1nc2cccc(C(=O)OC(C)(C)OC(=O)O[C@H]3CO[C@@H]4CCO[C@H]34)c2n1Cc1ccc(-c2ccccc2-c2nn[nH]n2)cc1.O=CO. The molecule has 2 fully saturated rings. The van der Waals surface area contributed by atoms with Gasteiger partial charge in [0, 0.05) is 26.0 Å². The quantitative estimate of drug-likeness (QED) is 0.116. The van der Waals surface area contributed by atoms with Crippen molar-refractivity contribution in [3.8, 4) is 28.5 Å². The van der Waals surface area contributed by atoms with Crippen LogP contribution in [0, 0.1) is 0 Å². The van der Waals surface area contributed by atoms with Crippen LogP contribution >= 0.6 is 0 Å². The largest absolute Gasteiger partial charge is 0.512 e. The maximum absolute atomic E-state index is 13.7. The summed E-state index contributed by atoms with van der Waals surface area (Å²) in [5.41, 5.74) is 5.02. The van der Waals surface area contributed by atoms with Crippen LogP contribution in [0.5, 0.6) is 6.01 Å². The number of benzene rings is 3. The third-order valence-electron chi connectivity index (χ3n) is 8.18. The summed E-state index contributed by atoms with van der Waals surface area (Å²) in [6.07, 6.45) is -1.26. The van der Waals surface area contributed by atoms with E-state index in [-0.39, 0.29) is 30.9 Å². The molecule has 4 heterocycles. The molecule has 3 aromatic carbocycles. The molecule has 51 heavy (non-hydrogen) atoms. The second kappa shape index (κ2) is 15.3. The van der Waals surface area contributed by atoms with Crippen LogP contribution < -0.4 is 4.74 Å². The van der Waals surface area contributed by atoms with E-state index >= 15 is 0 Å². The predicted octanol–water partition coefficient (Wildman–Crippen LogP) is 4.63. The van der Waals surface area contributed by atoms with Gasteiger partial charge in [-0.3, -0.25) is 9.36 Å². The molecule has 3 atom stereocenters. The maximum atomic E-state index is 13.7. The fourth-order valence-corrected chi connectivity index (χ4v) is 6.07. The smallest absolute Gasteiger partial charge is 0.483 e. The van der Waals surface area contributed by atoms with Crippen molar-refractivity contribution in [1.82, 2.24) is 30.2 Å². The summed E-state index contributed by atoms with van der Waals surface area (Å²) in [6.45, 7) is 6.03. The van der Waals surface area contributed by atoms with Gasteiger partial charge in [-0.1, -0.05) is 54.6 Å². The Balaban J connectivity index is 0.00000144. The number of imidazole rings is 1. The first-order valence-electron chi connectivity index (χ1n) is 16.2. The number of nitrogens with zero attached hydrogens (tertiary/aromatic N) is 5. The number of carboxylic acid groups (broad SMARTS) is 1. The Bertz CT molecular complexity index is 1980. The topological polar surface area (TPSA) is 199 Å². The molecule has 0 saturated carbocycles. The Morgan fingerprint density at radius 3 is 2.53 bits per heavy atom. The van der Waals surface area contributed by atoms with Crippen molar-refractivity contribution in [3.05, 3.63) is 77.9 Å². The number of rotatable bonds is 10. The molecule has 7 rings (SSSR count). The first-order chi connectivity index (χ1) is 24.7. The van der Waals surface area contributed by atoms with Gasteiger partial charge in [-0.15, -0.1) is 10.2 Å². The molecule has 0 aliphatic carbocycles. The summed E-state index contributed by atoms with van der Waals surface area (Å²) in [6, 6.07) is 21.4. The van der Waals surface area contributed by atoms with E-state index in [1.54, 1.807) is 18.2 Å². The average molecular weight is 701 g/mol. The number of ether oxygens (including phenoxy) is 6. The normalized spacial score (nSPS) is 18.0. The van der Waals surface area contributed by atoms with Gasteiger partial charge < -0.3 is 33.5 Å². The van der Waals surface area contributed by atoms with E-state index < -0.39 is 24.0 Å². The van der Waals surface area contributed by atoms with E-state index in [9.17, 15) is 9.59 Å². The highest BCUT2D eigenvalue weighted by molar-refractivity contribution is 6.02. The number of aromatic nitrogens is 6. The number of carbonyl (C=O) groups excluding carboxylic acids is 2. The van der Waals surface area contributed by atoms with Gasteiger partial charge in [0.15, 0.2) is 6.10 Å². The lowest BCUT2D eigenvalue weighted by Crippen LogP contribution is -2.38. The average Bonchev–Trinajstić information content (AvgIpc) is 3.92. The second-order valence-electron chi connectivity index (χ2n) is 12.0. The van der Waals surface area contributed by atoms with Crippen LogP contribution in [0.4, 0.5) is 4.79 Å². The summed E-state index contributed by atoms with van der Waals surface area (Å²) in [5, 5.41) is 21.4. The van der Waals surface area contributed by atoms with Gasteiger partial charge in [0.25, 0.3) is 18.3 Å². The number of carbonyl (C=O) groups is 3. The van der Waals surface area contributed by atoms with Gasteiger partial charge in [0.05, 0.1) is 42.5 Å². The zero-order chi connectivity index (χ0) is 36.0. The molecular formula is C35H36N6O10. The third-order valence-corrected chi connectivity index (χ3v) is 8.18. The predicted molar refractivity (Wildman–Crippen MR) is 179 cm³/mol. The number of fused-ring (bicyclic) bond motifs is 2. The zero-order valence-electron chi connectivity index (χ0n) is 28.1. The molecular weight excluding hydrogens is 664 g/mol. The van der Waals surface area contributed by atoms with Crippen molar-refractivity contribution in [3.63, 3.8) is 0 Å². The Kier molecular flexibility index (Phi) is 10.5. The number of hydrogen-bond acceptors (Lipinski definition) is 13. The molecule has 0 spiro atoms. The highest BCUT2D eigenvalue weighted by atomic mass is 16.8. The molecule has 2 N–H and O–H groups in total. The van der Waals surface area contributed by atoms with E-state index in [0.717, 1.165) is 28.7 Å². The fourth-order valence-electron chi connectivity index (χ4n) is 6.07. The molecule has 2 aliphatic heterocycles. The molecule has 0 unspecified atom stereocenters. The van der Waals surface area contributed by atoms with Crippen molar-refractivity contribution < 1.29 is 47.9 Å². The minimum atomic E-state index is -1.65. The summed E-state index contributed by atoms with van der Waals surface area (Å²) >= 11 is 0. The van der Waals surface area contributed by atoms with Crippen LogP contribution in [0.2, 0.25) is 0 Å². The minimum Gasteiger partial charge on any atom is -0.483 e. The fraction of sp³-hybridized carbons (Fsp3) is 0.343. The number of hydrogen-bond donors (Lipinski definition) is 2. The van der Waals surface area contributed by atoms with Gasteiger partial charge in [-0.05, 0) is 47.4 Å². The number of esters is 1. The summed E-state index contributed by atoms with van der Waals surface area (Å²) < 4.78 is 35.6. The third kappa shape index (κ3) is 7.81. The molecule has 0 radical (unpaired) electrons. The number of nitrogens with one attached hydrogen (secondary N) is 1. The molecule has 2 aromatic heterocycles. The monoisotopic (exact) mass is 700 g/mol. The van der Waals surface area contributed by atoms with Crippen LogP contribution in [0.15, 0.2) is 66.7 Å². The van der Waals surface area contributed by atoms with Crippen LogP contribution in [-0.2, 0) is 35.0 Å². The lowest BCUT2D eigenvalue weighted by molar-refractivity contribution is -0.162. The van der Waals surface area contributed by atoms with Crippen LogP contribution in [0.3, 0.4) is 0 Å². The summed E-state index contributed by atoms with van der Waals surface area (Å²) in [4.78, 5) is 39.3. The highest BCUT2D eigenvalue weighted by Crippen LogP contribution is 2.32. The number of tetrazole rings is 1. The number of para-hydroxylation sites is 1. The Labute approximate surface area is 291 Å². The summed E-state index contributed by atoms with van der Waals surface area (Å²) in [7, 11) is 0. The van der Waals surface area contributed by atoms with E-state index in [2.05, 4.69) is 25.6 Å². The molecule has 16 heteroatoms. The van der Waals surface area contributed by atoms with E-state index in [1.807, 2.05) is 60.0 Å². The second-order valence-corrected chi connectivity index (χ2v) is 12.0. The van der Waals surface area contributed by atoms with Crippen LogP contribution in [0.25, 0.3) is 33.5 Å². The molecule has 5 aromatic rings. The van der Waals surface area contributed by atoms with Crippen molar-refractivity contribution >= 4 is 29.6 Å². The Morgan fingerprint density at radius 2 is 1.80 bits per heavy atom. The summed E-state index contributed by atoms with van der Waals surface area (Å²) in [5.74, 6) is -1.85. The van der Waals surface area contributed by atoms with Gasteiger partial charge in [-0.2, -0.15) is 10.2 Å². The van der Waals surface area contributed by atoms with Crippen LogP contribution in [0.1, 0.15) is 43.1 Å². The Hall–Kier alpha value is -5.87. The highest BCUT2D eigenvalue weighted by Gasteiger charge is 2.45. The van der Waals surface area contributed by atoms with E-state index in [1.165, 1.54) is 13.8 Å². The first kappa shape index (κ1) is 35.0. The van der Waals surface area contributed by atoms with Crippen molar-refractivity contribution in [2.75, 3.05) is 19.8 Å². The number of H-pyrrole nitrogens is 1. The molecule has 2 aliphatic rings.